The third-order valence-corrected chi connectivity index (χ3v) is 5.78. The van der Waals surface area contributed by atoms with E-state index in [0.717, 1.165) is 0 Å². The molecule has 31 heavy (non-hydrogen) atoms. The lowest BCUT2D eigenvalue weighted by molar-refractivity contribution is 0.403. The van der Waals surface area contributed by atoms with Crippen molar-refractivity contribution in [3.8, 4) is 23.2 Å². The number of hydrogen-bond acceptors (Lipinski definition) is 7. The van der Waals surface area contributed by atoms with Crippen molar-refractivity contribution in [3.63, 3.8) is 0 Å². The smallest absolute Gasteiger partial charge is 0.265 e. The van der Waals surface area contributed by atoms with E-state index in [-0.39, 0.29) is 15.7 Å². The molecule has 0 atom stereocenters. The molecule has 0 saturated carbocycles. The molecule has 0 fully saturated rings. The second kappa shape index (κ2) is 8.62. The van der Waals surface area contributed by atoms with Gasteiger partial charge in [0.2, 0.25) is 5.88 Å². The summed E-state index contributed by atoms with van der Waals surface area (Å²) in [5.41, 5.74) is 0.343. The number of imidazole rings is 1. The van der Waals surface area contributed by atoms with Crippen molar-refractivity contribution in [3.05, 3.63) is 78.3 Å². The molecule has 2 aromatic carbocycles. The number of benzene rings is 2. The van der Waals surface area contributed by atoms with Gasteiger partial charge in [0.1, 0.15) is 22.7 Å². The Morgan fingerprint density at radius 2 is 1.84 bits per heavy atom. The molecular formula is C20H16ClN5O4S. The molecule has 11 heteroatoms. The predicted molar refractivity (Wildman–Crippen MR) is 114 cm³/mol. The summed E-state index contributed by atoms with van der Waals surface area (Å²) in [7, 11) is -2.52. The van der Waals surface area contributed by atoms with Gasteiger partial charge in [0, 0.05) is 29.2 Å². The van der Waals surface area contributed by atoms with Gasteiger partial charge in [-0.1, -0.05) is 11.6 Å². The largest absolute Gasteiger partial charge is 0.495 e. The Bertz CT molecular complexity index is 1280. The number of anilines is 1. The van der Waals surface area contributed by atoms with Gasteiger partial charge in [-0.05, 0) is 48.5 Å². The summed E-state index contributed by atoms with van der Waals surface area (Å²) in [4.78, 5) is 3.90. The first-order chi connectivity index (χ1) is 14.9. The van der Waals surface area contributed by atoms with Crippen LogP contribution in [0.5, 0.6) is 17.4 Å². The van der Waals surface area contributed by atoms with Crippen LogP contribution < -0.4 is 14.2 Å². The van der Waals surface area contributed by atoms with Crippen LogP contribution in [0.2, 0.25) is 5.02 Å². The van der Waals surface area contributed by atoms with Crippen LogP contribution in [-0.4, -0.2) is 35.3 Å². The minimum absolute atomic E-state index is 0.0592. The molecule has 1 N–H and O–H groups in total. The Morgan fingerprint density at radius 1 is 1.03 bits per heavy atom. The van der Waals surface area contributed by atoms with Crippen LogP contribution in [0.25, 0.3) is 5.82 Å². The molecule has 0 aliphatic rings. The van der Waals surface area contributed by atoms with E-state index in [1.807, 2.05) is 0 Å². The molecule has 9 nitrogen and oxygen atoms in total. The van der Waals surface area contributed by atoms with Gasteiger partial charge >= 0.3 is 0 Å². The van der Waals surface area contributed by atoms with Crippen molar-refractivity contribution in [2.45, 2.75) is 4.90 Å². The highest BCUT2D eigenvalue weighted by atomic mass is 35.5. The predicted octanol–water partition coefficient (Wildman–Crippen LogP) is 3.92. The topological polar surface area (TPSA) is 108 Å². The van der Waals surface area contributed by atoms with Gasteiger partial charge in [0.05, 0.1) is 7.11 Å². The highest BCUT2D eigenvalue weighted by Gasteiger charge is 2.20. The molecule has 0 radical (unpaired) electrons. The van der Waals surface area contributed by atoms with E-state index in [4.69, 9.17) is 21.1 Å². The fraction of sp³-hybridized carbons (Fsp3) is 0.0500. The highest BCUT2D eigenvalue weighted by molar-refractivity contribution is 7.92. The lowest BCUT2D eigenvalue weighted by Gasteiger charge is -2.12. The van der Waals surface area contributed by atoms with Crippen molar-refractivity contribution in [2.24, 2.45) is 0 Å². The van der Waals surface area contributed by atoms with Crippen molar-refractivity contribution >= 4 is 27.3 Å². The molecule has 2 heterocycles. The molecule has 0 bridgehead atoms. The van der Waals surface area contributed by atoms with E-state index >= 15 is 0 Å². The summed E-state index contributed by atoms with van der Waals surface area (Å²) >= 11 is 5.94. The van der Waals surface area contributed by atoms with Crippen LogP contribution in [-0.2, 0) is 10.0 Å². The minimum Gasteiger partial charge on any atom is -0.495 e. The van der Waals surface area contributed by atoms with E-state index in [1.54, 1.807) is 65.8 Å². The van der Waals surface area contributed by atoms with Crippen LogP contribution >= 0.6 is 11.6 Å². The molecule has 2 aromatic heterocycles. The highest BCUT2D eigenvalue weighted by Crippen LogP contribution is 2.29. The average Bonchev–Trinajstić information content (AvgIpc) is 3.30. The monoisotopic (exact) mass is 457 g/mol. The quantitative estimate of drug-likeness (QED) is 0.448. The fourth-order valence-electron chi connectivity index (χ4n) is 2.68. The van der Waals surface area contributed by atoms with E-state index in [2.05, 4.69) is 19.9 Å². The van der Waals surface area contributed by atoms with Crippen LogP contribution in [0.1, 0.15) is 0 Å². The molecule has 0 aliphatic heterocycles. The number of hydrogen-bond donors (Lipinski definition) is 1. The normalized spacial score (nSPS) is 11.2. The van der Waals surface area contributed by atoms with Gasteiger partial charge in [0.15, 0.2) is 5.82 Å². The third kappa shape index (κ3) is 4.76. The number of nitrogens with one attached hydrogen (secondary N) is 1. The van der Waals surface area contributed by atoms with E-state index in [1.165, 1.54) is 19.2 Å². The number of ether oxygens (including phenoxy) is 2. The van der Waals surface area contributed by atoms with Gasteiger partial charge in [-0.3, -0.25) is 9.29 Å². The molecule has 0 aliphatic carbocycles. The van der Waals surface area contributed by atoms with Crippen molar-refractivity contribution in [1.29, 1.82) is 0 Å². The Morgan fingerprint density at radius 3 is 2.48 bits per heavy atom. The maximum absolute atomic E-state index is 12.7. The number of aromatic nitrogens is 4. The molecular weight excluding hydrogens is 442 g/mol. The Balaban J connectivity index is 1.46. The Labute approximate surface area is 183 Å². The van der Waals surface area contributed by atoms with Gasteiger partial charge in [-0.25, -0.2) is 13.4 Å². The zero-order valence-corrected chi connectivity index (χ0v) is 17.7. The second-order valence-corrected chi connectivity index (χ2v) is 8.31. The van der Waals surface area contributed by atoms with Crippen LogP contribution in [0.3, 0.4) is 0 Å². The molecule has 4 aromatic rings. The average molecular weight is 458 g/mol. The van der Waals surface area contributed by atoms with Crippen molar-refractivity contribution < 1.29 is 17.9 Å². The third-order valence-electron chi connectivity index (χ3n) is 4.14. The molecule has 158 valence electrons. The minimum atomic E-state index is -3.91. The summed E-state index contributed by atoms with van der Waals surface area (Å²) in [6, 6.07) is 14.1. The van der Waals surface area contributed by atoms with Gasteiger partial charge in [-0.2, -0.15) is 0 Å². The molecule has 4 rings (SSSR count). The van der Waals surface area contributed by atoms with Gasteiger partial charge in [0.25, 0.3) is 10.0 Å². The summed E-state index contributed by atoms with van der Waals surface area (Å²) in [6.07, 6.45) is 5.01. The standard InChI is InChI=1S/C20H16ClN5O4S/c1-29-17-7-2-14(21)12-18(17)31(27,28)25-15-3-5-16(6-4-15)30-20-9-8-19(23-24-20)26-11-10-22-13-26/h2-13,25H,1H3. The maximum Gasteiger partial charge on any atom is 0.265 e. The number of rotatable bonds is 7. The first kappa shape index (κ1) is 20.6. The summed E-state index contributed by atoms with van der Waals surface area (Å²) in [6.45, 7) is 0. The van der Waals surface area contributed by atoms with E-state index < -0.39 is 10.0 Å². The van der Waals surface area contributed by atoms with E-state index in [9.17, 15) is 8.42 Å². The zero-order chi connectivity index (χ0) is 21.8. The number of sulfonamides is 1. The van der Waals surface area contributed by atoms with Gasteiger partial charge < -0.3 is 9.47 Å². The number of methoxy groups -OCH3 is 1. The summed E-state index contributed by atoms with van der Waals surface area (Å²) in [5.74, 6) is 1.55. The lowest BCUT2D eigenvalue weighted by atomic mass is 10.3. The molecule has 0 spiro atoms. The zero-order valence-electron chi connectivity index (χ0n) is 16.1. The number of nitrogens with zero attached hydrogens (tertiary/aromatic N) is 4. The lowest BCUT2D eigenvalue weighted by Crippen LogP contribution is -2.14. The first-order valence-electron chi connectivity index (χ1n) is 8.91. The van der Waals surface area contributed by atoms with Crippen molar-refractivity contribution in [1.82, 2.24) is 19.7 Å². The Hall–Kier alpha value is -3.63. The van der Waals surface area contributed by atoms with Crippen LogP contribution in [0.4, 0.5) is 5.69 Å². The molecule has 0 amide bonds. The maximum atomic E-state index is 12.7. The number of halogens is 1. The Kier molecular flexibility index (Phi) is 5.74. The van der Waals surface area contributed by atoms with E-state index in [0.29, 0.717) is 23.1 Å². The summed E-state index contributed by atoms with van der Waals surface area (Å²) in [5, 5.41) is 8.38. The van der Waals surface area contributed by atoms with Crippen molar-refractivity contribution in [2.75, 3.05) is 11.8 Å². The molecule has 0 unspecified atom stereocenters. The molecule has 0 saturated heterocycles. The summed E-state index contributed by atoms with van der Waals surface area (Å²) < 4.78 is 40.5. The second-order valence-electron chi connectivity index (χ2n) is 6.23. The SMILES string of the molecule is COc1ccc(Cl)cc1S(=O)(=O)Nc1ccc(Oc2ccc(-n3ccnc3)nn2)cc1. The van der Waals surface area contributed by atoms with Crippen LogP contribution in [0.15, 0.2) is 78.2 Å². The first-order valence-corrected chi connectivity index (χ1v) is 10.8. The fourth-order valence-corrected chi connectivity index (χ4v) is 4.17. The van der Waals surface area contributed by atoms with Gasteiger partial charge in [-0.15, -0.1) is 10.2 Å². The van der Waals surface area contributed by atoms with Crippen LogP contribution in [0, 0.1) is 0 Å².